The van der Waals surface area contributed by atoms with Gasteiger partial charge in [0, 0.05) is 23.3 Å². The summed E-state index contributed by atoms with van der Waals surface area (Å²) in [6.45, 7) is 2.04. The number of hydrogen-bond donors (Lipinski definition) is 1. The smallest absolute Gasteiger partial charge is 0.210 e. The summed E-state index contributed by atoms with van der Waals surface area (Å²) in [6.07, 6.45) is 1.28. The number of Topliss-reactive ketones (excluding diaryl/α,β-unsaturated/α-hetero) is 1. The summed E-state index contributed by atoms with van der Waals surface area (Å²) in [6, 6.07) is 17.4. The molecule has 25 heavy (non-hydrogen) atoms. The number of benzene rings is 2. The predicted molar refractivity (Wildman–Crippen MR) is 101 cm³/mol. The summed E-state index contributed by atoms with van der Waals surface area (Å²) in [4.78, 5) is 12.1. The first kappa shape index (κ1) is 17.2. The summed E-state index contributed by atoms with van der Waals surface area (Å²) >= 11 is 1.51. The lowest BCUT2D eigenvalue weighted by Gasteiger charge is -2.04. The lowest BCUT2D eigenvalue weighted by atomic mass is 10.1. The first-order valence-electron chi connectivity index (χ1n) is 8.14. The highest BCUT2D eigenvalue weighted by Gasteiger charge is 2.12. The molecule has 0 unspecified atom stereocenters. The highest BCUT2D eigenvalue weighted by atomic mass is 32.2. The molecule has 0 bridgehead atoms. The van der Waals surface area contributed by atoms with Gasteiger partial charge in [-0.3, -0.25) is 4.79 Å². The summed E-state index contributed by atoms with van der Waals surface area (Å²) in [7, 11) is 0. The zero-order valence-corrected chi connectivity index (χ0v) is 14.9. The van der Waals surface area contributed by atoms with Gasteiger partial charge < -0.3 is 5.84 Å². The van der Waals surface area contributed by atoms with Crippen LogP contribution in [0.3, 0.4) is 0 Å². The van der Waals surface area contributed by atoms with Crippen molar-refractivity contribution in [3.05, 3.63) is 65.7 Å². The second kappa shape index (κ2) is 7.98. The van der Waals surface area contributed by atoms with E-state index < -0.39 is 0 Å². The number of carbonyl (C=O) groups is 1. The number of nitrogen functional groups attached to an aromatic ring is 1. The average Bonchev–Trinajstić information content (AvgIpc) is 3.01. The predicted octanol–water partition coefficient (Wildman–Crippen LogP) is 3.72. The molecule has 0 atom stereocenters. The van der Waals surface area contributed by atoms with E-state index in [2.05, 4.69) is 10.2 Å². The summed E-state index contributed by atoms with van der Waals surface area (Å²) < 4.78 is 1.51. The largest absolute Gasteiger partial charge is 0.335 e. The van der Waals surface area contributed by atoms with Gasteiger partial charge in [0.2, 0.25) is 5.16 Å². The van der Waals surface area contributed by atoms with Gasteiger partial charge in [-0.2, -0.15) is 0 Å². The molecule has 0 spiro atoms. The van der Waals surface area contributed by atoms with E-state index in [1.54, 1.807) is 0 Å². The lowest BCUT2D eigenvalue weighted by Crippen LogP contribution is -2.11. The van der Waals surface area contributed by atoms with Crippen molar-refractivity contribution in [3.63, 3.8) is 0 Å². The maximum Gasteiger partial charge on any atom is 0.210 e. The topological polar surface area (TPSA) is 73.8 Å². The zero-order chi connectivity index (χ0) is 17.6. The van der Waals surface area contributed by atoms with E-state index in [0.717, 1.165) is 23.3 Å². The first-order valence-corrected chi connectivity index (χ1v) is 9.12. The molecule has 0 aliphatic rings. The van der Waals surface area contributed by atoms with Crippen molar-refractivity contribution >= 4 is 17.5 Å². The standard InChI is InChI=1S/C19H20N4OS/c1-14-9-11-16(12-10-14)18-21-22-19(23(18)20)25-13-5-8-17(24)15-6-3-2-4-7-15/h2-4,6-7,9-12H,5,8,13,20H2,1H3. The Hall–Kier alpha value is -2.60. The van der Waals surface area contributed by atoms with Crippen LogP contribution in [0.25, 0.3) is 11.4 Å². The number of nitrogens with two attached hydrogens (primary N) is 1. The highest BCUT2D eigenvalue weighted by molar-refractivity contribution is 7.99. The molecular weight excluding hydrogens is 332 g/mol. The van der Waals surface area contributed by atoms with E-state index in [-0.39, 0.29) is 5.78 Å². The molecule has 0 aliphatic heterocycles. The van der Waals surface area contributed by atoms with E-state index in [0.29, 0.717) is 17.4 Å². The molecule has 128 valence electrons. The number of carbonyl (C=O) groups excluding carboxylic acids is 1. The van der Waals surface area contributed by atoms with E-state index in [9.17, 15) is 4.79 Å². The van der Waals surface area contributed by atoms with Gasteiger partial charge in [0.1, 0.15) is 0 Å². The van der Waals surface area contributed by atoms with E-state index in [1.807, 2.05) is 61.5 Å². The molecule has 0 aliphatic carbocycles. The maximum atomic E-state index is 12.1. The maximum absolute atomic E-state index is 12.1. The first-order chi connectivity index (χ1) is 12.1. The van der Waals surface area contributed by atoms with Gasteiger partial charge in [0.15, 0.2) is 11.6 Å². The Bertz CT molecular complexity index is 844. The van der Waals surface area contributed by atoms with Crippen LogP contribution in [0.2, 0.25) is 0 Å². The Balaban J connectivity index is 1.54. The molecule has 2 N–H and O–H groups in total. The Morgan fingerprint density at radius 3 is 2.52 bits per heavy atom. The summed E-state index contributed by atoms with van der Waals surface area (Å²) in [5.74, 6) is 7.68. The summed E-state index contributed by atoms with van der Waals surface area (Å²) in [5, 5.41) is 8.99. The Morgan fingerprint density at radius 1 is 1.08 bits per heavy atom. The second-order valence-electron chi connectivity index (χ2n) is 5.78. The number of rotatable bonds is 7. The minimum atomic E-state index is 0.163. The van der Waals surface area contributed by atoms with Gasteiger partial charge in [-0.15, -0.1) is 10.2 Å². The fraction of sp³-hybridized carbons (Fsp3) is 0.211. The molecule has 1 heterocycles. The van der Waals surface area contributed by atoms with Gasteiger partial charge >= 0.3 is 0 Å². The molecule has 3 rings (SSSR count). The van der Waals surface area contributed by atoms with Gasteiger partial charge in [0.05, 0.1) is 0 Å². The molecule has 0 amide bonds. The van der Waals surface area contributed by atoms with Crippen molar-refractivity contribution in [2.24, 2.45) is 0 Å². The van der Waals surface area contributed by atoms with Crippen LogP contribution < -0.4 is 5.84 Å². The van der Waals surface area contributed by atoms with Crippen molar-refractivity contribution in [2.45, 2.75) is 24.9 Å². The van der Waals surface area contributed by atoms with E-state index in [4.69, 9.17) is 5.84 Å². The van der Waals surface area contributed by atoms with Crippen molar-refractivity contribution in [3.8, 4) is 11.4 Å². The molecule has 0 saturated carbocycles. The Kier molecular flexibility index (Phi) is 5.50. The van der Waals surface area contributed by atoms with E-state index >= 15 is 0 Å². The number of nitrogens with zero attached hydrogens (tertiary/aromatic N) is 3. The number of aromatic nitrogens is 3. The fourth-order valence-electron chi connectivity index (χ4n) is 2.44. The van der Waals surface area contributed by atoms with Crippen molar-refractivity contribution < 1.29 is 4.79 Å². The van der Waals surface area contributed by atoms with Crippen molar-refractivity contribution in [1.29, 1.82) is 0 Å². The SMILES string of the molecule is Cc1ccc(-c2nnc(SCCCC(=O)c3ccccc3)n2N)cc1. The molecule has 0 saturated heterocycles. The number of hydrogen-bond acceptors (Lipinski definition) is 5. The summed E-state index contributed by atoms with van der Waals surface area (Å²) in [5.41, 5.74) is 2.88. The molecule has 0 fully saturated rings. The van der Waals surface area contributed by atoms with Crippen LogP contribution in [0.4, 0.5) is 0 Å². The van der Waals surface area contributed by atoms with Crippen LogP contribution in [0.5, 0.6) is 0 Å². The van der Waals surface area contributed by atoms with Crippen molar-refractivity contribution in [1.82, 2.24) is 14.9 Å². The van der Waals surface area contributed by atoms with Crippen LogP contribution in [0.15, 0.2) is 59.8 Å². The van der Waals surface area contributed by atoms with Gasteiger partial charge in [-0.25, -0.2) is 4.68 Å². The second-order valence-corrected chi connectivity index (χ2v) is 6.85. The minimum absolute atomic E-state index is 0.163. The quantitative estimate of drug-likeness (QED) is 0.304. The zero-order valence-electron chi connectivity index (χ0n) is 14.1. The average molecular weight is 352 g/mol. The molecule has 0 radical (unpaired) electrons. The molecule has 5 nitrogen and oxygen atoms in total. The molecule has 1 aromatic heterocycles. The van der Waals surface area contributed by atoms with Crippen LogP contribution in [0.1, 0.15) is 28.8 Å². The van der Waals surface area contributed by atoms with E-state index in [1.165, 1.54) is 22.0 Å². The lowest BCUT2D eigenvalue weighted by molar-refractivity contribution is 0.0982. The third-order valence-corrected chi connectivity index (χ3v) is 4.88. The van der Waals surface area contributed by atoms with Gasteiger partial charge in [-0.1, -0.05) is 71.9 Å². The number of ketones is 1. The van der Waals surface area contributed by atoms with Crippen LogP contribution in [-0.2, 0) is 0 Å². The highest BCUT2D eigenvalue weighted by Crippen LogP contribution is 2.22. The van der Waals surface area contributed by atoms with Gasteiger partial charge in [0.25, 0.3) is 0 Å². The van der Waals surface area contributed by atoms with Gasteiger partial charge in [-0.05, 0) is 13.3 Å². The molecule has 6 heteroatoms. The van der Waals surface area contributed by atoms with Crippen LogP contribution >= 0.6 is 11.8 Å². The molecule has 2 aromatic carbocycles. The fourth-order valence-corrected chi connectivity index (χ4v) is 3.23. The monoisotopic (exact) mass is 352 g/mol. The minimum Gasteiger partial charge on any atom is -0.335 e. The van der Waals surface area contributed by atoms with Crippen LogP contribution in [-0.4, -0.2) is 26.4 Å². The van der Waals surface area contributed by atoms with Crippen LogP contribution in [0, 0.1) is 6.92 Å². The third-order valence-electron chi connectivity index (χ3n) is 3.85. The Labute approximate surface area is 151 Å². The number of thioether (sulfide) groups is 1. The Morgan fingerprint density at radius 2 is 1.80 bits per heavy atom. The molecular formula is C19H20N4OS. The third kappa shape index (κ3) is 4.28. The normalized spacial score (nSPS) is 10.8. The molecule has 3 aromatic rings. The number of aryl methyl sites for hydroxylation is 1. The van der Waals surface area contributed by atoms with Crippen molar-refractivity contribution in [2.75, 3.05) is 11.6 Å².